The molecule has 0 spiro atoms. The predicted molar refractivity (Wildman–Crippen MR) is 137 cm³/mol. The van der Waals surface area contributed by atoms with E-state index in [0.29, 0.717) is 51.8 Å². The van der Waals surface area contributed by atoms with Gasteiger partial charge < -0.3 is 28.3 Å². The summed E-state index contributed by atoms with van der Waals surface area (Å²) in [7, 11) is 7.74. The summed E-state index contributed by atoms with van der Waals surface area (Å²) in [5, 5.41) is 13.2. The van der Waals surface area contributed by atoms with Crippen LogP contribution >= 0.6 is 11.8 Å². The first-order valence-corrected chi connectivity index (χ1v) is 11.9. The maximum atomic E-state index is 12.4. The van der Waals surface area contributed by atoms with E-state index in [1.807, 2.05) is 29.7 Å². The Morgan fingerprint density at radius 3 is 2.28 bits per heavy atom. The fraction of sp³-hybridized carbons (Fsp3) is 0.333. The molecule has 1 N–H and O–H groups in total. The van der Waals surface area contributed by atoms with Crippen LogP contribution in [0.15, 0.2) is 40.6 Å². The van der Waals surface area contributed by atoms with Gasteiger partial charge in [0.2, 0.25) is 5.75 Å². The topological polar surface area (TPSA) is 118 Å². The second kappa shape index (κ2) is 12.7. The maximum absolute atomic E-state index is 12.4. The number of rotatable bonds is 12. The van der Waals surface area contributed by atoms with Crippen LogP contribution in [0.1, 0.15) is 12.5 Å². The van der Waals surface area contributed by atoms with Crippen molar-refractivity contribution in [3.63, 3.8) is 0 Å². The van der Waals surface area contributed by atoms with Gasteiger partial charge in [-0.1, -0.05) is 11.8 Å². The van der Waals surface area contributed by atoms with Gasteiger partial charge in [0, 0.05) is 17.7 Å². The van der Waals surface area contributed by atoms with Gasteiger partial charge >= 0.3 is 0 Å². The Labute approximate surface area is 213 Å². The van der Waals surface area contributed by atoms with Crippen molar-refractivity contribution in [1.29, 1.82) is 0 Å². The quantitative estimate of drug-likeness (QED) is 0.220. The van der Waals surface area contributed by atoms with Crippen LogP contribution in [-0.2, 0) is 11.3 Å². The lowest BCUT2D eigenvalue weighted by atomic mass is 10.2. The number of nitrogens with one attached hydrogen (secondary N) is 1. The van der Waals surface area contributed by atoms with E-state index in [1.165, 1.54) is 32.2 Å². The van der Waals surface area contributed by atoms with E-state index in [2.05, 4.69) is 20.7 Å². The number of hydrogen-bond donors (Lipinski definition) is 1. The highest BCUT2D eigenvalue weighted by molar-refractivity contribution is 7.99. The molecule has 2 aromatic carbocycles. The van der Waals surface area contributed by atoms with Gasteiger partial charge in [-0.3, -0.25) is 4.79 Å². The molecule has 0 aliphatic rings. The van der Waals surface area contributed by atoms with Crippen molar-refractivity contribution in [2.45, 2.75) is 18.6 Å². The Hall–Kier alpha value is -3.93. The van der Waals surface area contributed by atoms with E-state index in [-0.39, 0.29) is 11.7 Å². The van der Waals surface area contributed by atoms with Crippen LogP contribution in [0.4, 0.5) is 0 Å². The number of hydrogen-bond acceptors (Lipinski definition) is 10. The third-order valence-corrected chi connectivity index (χ3v) is 6.10. The molecule has 1 amide bonds. The smallest absolute Gasteiger partial charge is 0.250 e. The van der Waals surface area contributed by atoms with E-state index >= 15 is 0 Å². The Morgan fingerprint density at radius 2 is 1.64 bits per heavy atom. The lowest BCUT2D eigenvalue weighted by molar-refractivity contribution is -0.118. The number of ether oxygens (including phenoxy) is 5. The molecule has 0 atom stereocenters. The van der Waals surface area contributed by atoms with Crippen LogP contribution < -0.4 is 29.1 Å². The summed E-state index contributed by atoms with van der Waals surface area (Å²) in [6.07, 6.45) is 1.48. The highest BCUT2D eigenvalue weighted by Gasteiger charge is 2.17. The van der Waals surface area contributed by atoms with Gasteiger partial charge in [-0.15, -0.1) is 10.2 Å². The minimum Gasteiger partial charge on any atom is -0.493 e. The molecule has 0 bridgehead atoms. The van der Waals surface area contributed by atoms with E-state index in [4.69, 9.17) is 23.7 Å². The number of aromatic nitrogens is 3. The SMILES string of the molecule is CCn1c(SCC(=O)N/N=C/c2ccc(OC)c(OC)c2OC)nnc1-c1ccc(OC)c(OC)c1. The van der Waals surface area contributed by atoms with Crippen LogP contribution in [0.2, 0.25) is 0 Å². The molecule has 0 unspecified atom stereocenters. The molecule has 0 saturated carbocycles. The van der Waals surface area contributed by atoms with Crippen LogP contribution in [0.3, 0.4) is 0 Å². The number of carbonyl (C=O) groups is 1. The fourth-order valence-corrected chi connectivity index (χ4v) is 4.23. The number of thioether (sulfide) groups is 1. The summed E-state index contributed by atoms with van der Waals surface area (Å²) in [5.74, 6) is 3.11. The van der Waals surface area contributed by atoms with Crippen molar-refractivity contribution in [2.24, 2.45) is 5.10 Å². The van der Waals surface area contributed by atoms with Gasteiger partial charge in [-0.05, 0) is 37.3 Å². The molecule has 0 fully saturated rings. The average molecular weight is 516 g/mol. The first kappa shape index (κ1) is 26.7. The Kier molecular flexibility index (Phi) is 9.39. The van der Waals surface area contributed by atoms with E-state index in [0.717, 1.165) is 5.56 Å². The zero-order valence-electron chi connectivity index (χ0n) is 21.0. The van der Waals surface area contributed by atoms with Crippen molar-refractivity contribution in [3.05, 3.63) is 35.9 Å². The zero-order valence-corrected chi connectivity index (χ0v) is 21.8. The number of benzene rings is 2. The summed E-state index contributed by atoms with van der Waals surface area (Å²) >= 11 is 1.26. The van der Waals surface area contributed by atoms with Crippen molar-refractivity contribution in [1.82, 2.24) is 20.2 Å². The second-order valence-electron chi connectivity index (χ2n) is 7.13. The minimum atomic E-state index is -0.297. The standard InChI is InChI=1S/C24H29N5O6S/c1-7-29-23(15-8-10-17(31-2)19(12-15)33-4)27-28-24(29)36-14-20(30)26-25-13-16-9-11-18(32-3)22(35-6)21(16)34-5/h8-13H,7,14H2,1-6H3,(H,26,30)/b25-13+. The molecule has 12 heteroatoms. The monoisotopic (exact) mass is 515 g/mol. The number of hydrazone groups is 1. The van der Waals surface area contributed by atoms with Gasteiger partial charge in [-0.25, -0.2) is 5.43 Å². The van der Waals surface area contributed by atoms with E-state index < -0.39 is 0 Å². The molecule has 3 rings (SSSR count). The maximum Gasteiger partial charge on any atom is 0.250 e. The number of methoxy groups -OCH3 is 5. The molecule has 192 valence electrons. The van der Waals surface area contributed by atoms with Crippen LogP contribution in [0.5, 0.6) is 28.7 Å². The third kappa shape index (κ3) is 5.82. The molecule has 1 heterocycles. The molecule has 36 heavy (non-hydrogen) atoms. The number of amides is 1. The van der Waals surface area contributed by atoms with E-state index in [1.54, 1.807) is 33.5 Å². The molecule has 0 radical (unpaired) electrons. The molecule has 0 saturated heterocycles. The van der Waals surface area contributed by atoms with Gasteiger partial charge in [0.15, 0.2) is 34.0 Å². The third-order valence-electron chi connectivity index (χ3n) is 5.13. The highest BCUT2D eigenvalue weighted by atomic mass is 32.2. The predicted octanol–water partition coefficient (Wildman–Crippen LogP) is 3.25. The summed E-state index contributed by atoms with van der Waals surface area (Å²) in [4.78, 5) is 12.4. The summed E-state index contributed by atoms with van der Waals surface area (Å²) < 4.78 is 28.7. The molecule has 1 aromatic heterocycles. The van der Waals surface area contributed by atoms with Crippen molar-refractivity contribution in [3.8, 4) is 40.1 Å². The fourth-order valence-electron chi connectivity index (χ4n) is 3.43. The van der Waals surface area contributed by atoms with Crippen LogP contribution in [0.25, 0.3) is 11.4 Å². The first-order valence-electron chi connectivity index (χ1n) is 10.9. The molecule has 3 aromatic rings. The zero-order chi connectivity index (χ0) is 26.1. The van der Waals surface area contributed by atoms with Crippen LogP contribution in [-0.4, -0.2) is 68.2 Å². The molecular weight excluding hydrogens is 486 g/mol. The first-order chi connectivity index (χ1) is 17.5. The molecule has 11 nitrogen and oxygen atoms in total. The molecule has 0 aliphatic carbocycles. The Bertz CT molecular complexity index is 1230. The lowest BCUT2D eigenvalue weighted by Gasteiger charge is -2.13. The van der Waals surface area contributed by atoms with Gasteiger partial charge in [0.25, 0.3) is 5.91 Å². The van der Waals surface area contributed by atoms with Crippen molar-refractivity contribution in [2.75, 3.05) is 41.3 Å². The average Bonchev–Trinajstić information content (AvgIpc) is 3.33. The minimum absolute atomic E-state index is 0.102. The van der Waals surface area contributed by atoms with Crippen molar-refractivity contribution >= 4 is 23.9 Å². The van der Waals surface area contributed by atoms with E-state index in [9.17, 15) is 4.79 Å². The lowest BCUT2D eigenvalue weighted by Crippen LogP contribution is -2.20. The number of carbonyl (C=O) groups excluding carboxylic acids is 1. The largest absolute Gasteiger partial charge is 0.493 e. The Morgan fingerprint density at radius 1 is 0.944 bits per heavy atom. The number of nitrogens with zero attached hydrogens (tertiary/aromatic N) is 4. The highest BCUT2D eigenvalue weighted by Crippen LogP contribution is 2.39. The second-order valence-corrected chi connectivity index (χ2v) is 8.07. The Balaban J connectivity index is 1.67. The van der Waals surface area contributed by atoms with Gasteiger partial charge in [-0.2, -0.15) is 5.10 Å². The van der Waals surface area contributed by atoms with Gasteiger partial charge in [0.1, 0.15) is 0 Å². The summed E-state index contributed by atoms with van der Waals surface area (Å²) in [5.41, 5.74) is 3.96. The van der Waals surface area contributed by atoms with Gasteiger partial charge in [0.05, 0.1) is 47.5 Å². The normalized spacial score (nSPS) is 10.8. The summed E-state index contributed by atoms with van der Waals surface area (Å²) in [6, 6.07) is 9.02. The molecule has 0 aliphatic heterocycles. The van der Waals surface area contributed by atoms with Crippen molar-refractivity contribution < 1.29 is 28.5 Å². The van der Waals surface area contributed by atoms with Crippen LogP contribution in [0, 0.1) is 0 Å². The molecular formula is C24H29N5O6S. The summed E-state index contributed by atoms with van der Waals surface area (Å²) in [6.45, 7) is 2.61.